The van der Waals surface area contributed by atoms with Crippen LogP contribution in [0.1, 0.15) is 20.8 Å². The number of nitrogens with one attached hydrogen (secondary N) is 4. The first kappa shape index (κ1) is 11.8. The van der Waals surface area contributed by atoms with Crippen LogP contribution >= 0.6 is 0 Å². The van der Waals surface area contributed by atoms with Crippen LogP contribution in [0.5, 0.6) is 0 Å². The molecule has 0 aromatic carbocycles. The van der Waals surface area contributed by atoms with Gasteiger partial charge in [-0.3, -0.25) is 15.6 Å². The molecule has 0 atom stereocenters. The molecule has 0 amide bonds. The molecule has 0 aromatic heterocycles. The van der Waals surface area contributed by atoms with Crippen molar-refractivity contribution in [1.82, 2.24) is 21.6 Å². The first-order chi connectivity index (χ1) is 5.77. The fraction of sp³-hybridized carbons (Fsp3) is 1.00. The molecule has 0 aromatic rings. The lowest BCUT2D eigenvalue weighted by Crippen LogP contribution is -2.43. The molecule has 0 bridgehead atoms. The molecule has 0 fully saturated rings. The van der Waals surface area contributed by atoms with Crippen molar-refractivity contribution in [1.29, 1.82) is 0 Å². The van der Waals surface area contributed by atoms with Crippen LogP contribution in [0, 0.1) is 0 Å². The van der Waals surface area contributed by atoms with Crippen molar-refractivity contribution in [2.24, 2.45) is 0 Å². The van der Waals surface area contributed by atoms with Gasteiger partial charge in [-0.15, -0.1) is 0 Å². The fourth-order valence-corrected chi connectivity index (χ4v) is 0.573. The average molecular weight is 176 g/mol. The maximum Gasteiger partial charge on any atom is 0.119 e. The molecule has 0 saturated carbocycles. The van der Waals surface area contributed by atoms with Gasteiger partial charge < -0.3 is 0 Å². The van der Waals surface area contributed by atoms with Crippen LogP contribution in [0.25, 0.3) is 0 Å². The molecule has 0 saturated heterocycles. The zero-order chi connectivity index (χ0) is 9.23. The summed E-state index contributed by atoms with van der Waals surface area (Å²) in [5.41, 5.74) is 8.78. The van der Waals surface area contributed by atoms with Crippen molar-refractivity contribution in [2.75, 3.05) is 19.9 Å². The normalized spacial score (nSPS) is 11.0. The molecule has 0 aliphatic carbocycles. The van der Waals surface area contributed by atoms with Gasteiger partial charge in [0, 0.05) is 12.6 Å². The lowest BCUT2D eigenvalue weighted by molar-refractivity contribution is 0.0302. The van der Waals surface area contributed by atoms with Gasteiger partial charge in [-0.2, -0.15) is 0 Å². The second-order valence-electron chi connectivity index (χ2n) is 2.69. The van der Waals surface area contributed by atoms with Crippen molar-refractivity contribution in [3.8, 4) is 0 Å². The zero-order valence-electron chi connectivity index (χ0n) is 8.11. The van der Waals surface area contributed by atoms with Crippen molar-refractivity contribution >= 4 is 0 Å². The Morgan fingerprint density at radius 3 is 2.67 bits per heavy atom. The topological polar surface area (TPSA) is 57.4 Å². The van der Waals surface area contributed by atoms with Gasteiger partial charge in [-0.1, -0.05) is 6.92 Å². The Morgan fingerprint density at radius 2 is 2.08 bits per heavy atom. The molecule has 4 N–H and O–H groups in total. The predicted molar refractivity (Wildman–Crippen MR) is 49.0 cm³/mol. The van der Waals surface area contributed by atoms with Gasteiger partial charge in [0.25, 0.3) is 0 Å². The van der Waals surface area contributed by atoms with E-state index >= 15 is 0 Å². The van der Waals surface area contributed by atoms with Crippen LogP contribution in [-0.2, 0) is 4.84 Å². The summed E-state index contributed by atoms with van der Waals surface area (Å²) in [4.78, 5) is 4.96. The van der Waals surface area contributed by atoms with E-state index in [0.29, 0.717) is 19.4 Å². The number of hydroxylamine groups is 1. The lowest BCUT2D eigenvalue weighted by atomic mass is 10.4. The van der Waals surface area contributed by atoms with Gasteiger partial charge in [0.05, 0.1) is 6.67 Å². The SMILES string of the molecule is CCNOCNCNNC(C)C. The standard InChI is InChI=1S/C7H20N4O/c1-4-10-12-6-8-5-9-11-7(2)3/h7-11H,4-6H2,1-3H3. The molecular weight excluding hydrogens is 156 g/mol. The molecule has 0 rings (SSSR count). The summed E-state index contributed by atoms with van der Waals surface area (Å²) in [5, 5.41) is 3.02. The van der Waals surface area contributed by atoms with Gasteiger partial charge in [0.2, 0.25) is 0 Å². The van der Waals surface area contributed by atoms with E-state index in [1.165, 1.54) is 0 Å². The Bertz CT molecular complexity index is 89.5. The van der Waals surface area contributed by atoms with E-state index in [1.54, 1.807) is 0 Å². The molecule has 5 heteroatoms. The van der Waals surface area contributed by atoms with Gasteiger partial charge in [0.1, 0.15) is 6.73 Å². The van der Waals surface area contributed by atoms with Crippen LogP contribution < -0.4 is 21.6 Å². The predicted octanol–water partition coefficient (Wildman–Crippen LogP) is -0.465. The Morgan fingerprint density at radius 1 is 1.33 bits per heavy atom. The van der Waals surface area contributed by atoms with E-state index in [1.807, 2.05) is 6.92 Å². The zero-order valence-corrected chi connectivity index (χ0v) is 8.11. The van der Waals surface area contributed by atoms with Crippen molar-refractivity contribution < 1.29 is 4.84 Å². The van der Waals surface area contributed by atoms with Crippen LogP contribution in [0.3, 0.4) is 0 Å². The third-order valence-corrected chi connectivity index (χ3v) is 1.02. The van der Waals surface area contributed by atoms with Crippen molar-refractivity contribution in [3.05, 3.63) is 0 Å². The summed E-state index contributed by atoms with van der Waals surface area (Å²) in [6.45, 7) is 8.13. The highest BCUT2D eigenvalue weighted by molar-refractivity contribution is 4.44. The summed E-state index contributed by atoms with van der Waals surface area (Å²) in [5.74, 6) is 0. The third kappa shape index (κ3) is 9.80. The van der Waals surface area contributed by atoms with Crippen LogP contribution in [-0.4, -0.2) is 26.0 Å². The molecule has 12 heavy (non-hydrogen) atoms. The minimum atomic E-state index is 0.446. The van der Waals surface area contributed by atoms with E-state index in [4.69, 9.17) is 4.84 Å². The van der Waals surface area contributed by atoms with E-state index in [0.717, 1.165) is 6.54 Å². The Labute approximate surface area is 74.2 Å². The minimum absolute atomic E-state index is 0.446. The van der Waals surface area contributed by atoms with Gasteiger partial charge in [0.15, 0.2) is 0 Å². The summed E-state index contributed by atoms with van der Waals surface area (Å²) in [7, 11) is 0. The Hall–Kier alpha value is -0.200. The van der Waals surface area contributed by atoms with Gasteiger partial charge in [-0.05, 0) is 13.8 Å². The average Bonchev–Trinajstić information content (AvgIpc) is 2.02. The maximum absolute atomic E-state index is 4.96. The summed E-state index contributed by atoms with van der Waals surface area (Å²) in [6.07, 6.45) is 0. The van der Waals surface area contributed by atoms with E-state index < -0.39 is 0 Å². The first-order valence-electron chi connectivity index (χ1n) is 4.31. The largest absolute Gasteiger partial charge is 0.286 e. The summed E-state index contributed by atoms with van der Waals surface area (Å²) >= 11 is 0. The molecule has 0 aliphatic heterocycles. The van der Waals surface area contributed by atoms with Gasteiger partial charge >= 0.3 is 0 Å². The maximum atomic E-state index is 4.96. The third-order valence-electron chi connectivity index (χ3n) is 1.02. The van der Waals surface area contributed by atoms with Crippen LogP contribution in [0.2, 0.25) is 0 Å². The number of hydrazine groups is 1. The van der Waals surface area contributed by atoms with E-state index in [9.17, 15) is 0 Å². The second kappa shape index (κ2) is 8.89. The molecule has 0 heterocycles. The highest BCUT2D eigenvalue weighted by atomic mass is 16.7. The molecule has 0 spiro atoms. The van der Waals surface area contributed by atoms with E-state index in [2.05, 4.69) is 35.5 Å². The van der Waals surface area contributed by atoms with Crippen LogP contribution in [0.4, 0.5) is 0 Å². The van der Waals surface area contributed by atoms with E-state index in [-0.39, 0.29) is 0 Å². The lowest BCUT2D eigenvalue weighted by Gasteiger charge is -2.10. The smallest absolute Gasteiger partial charge is 0.119 e. The minimum Gasteiger partial charge on any atom is -0.286 e. The van der Waals surface area contributed by atoms with Crippen molar-refractivity contribution in [3.63, 3.8) is 0 Å². The fourth-order valence-electron chi connectivity index (χ4n) is 0.573. The summed E-state index contributed by atoms with van der Waals surface area (Å²) < 4.78 is 0. The highest BCUT2D eigenvalue weighted by Crippen LogP contribution is 1.68. The Balaban J connectivity index is 2.82. The highest BCUT2D eigenvalue weighted by Gasteiger charge is 1.88. The van der Waals surface area contributed by atoms with Gasteiger partial charge in [-0.25, -0.2) is 10.9 Å². The number of rotatable bonds is 8. The first-order valence-corrected chi connectivity index (χ1v) is 4.31. The molecule has 5 nitrogen and oxygen atoms in total. The number of hydrogen-bond donors (Lipinski definition) is 4. The van der Waals surface area contributed by atoms with Crippen LogP contribution in [0.15, 0.2) is 0 Å². The molecular formula is C7H20N4O. The molecule has 0 unspecified atom stereocenters. The monoisotopic (exact) mass is 176 g/mol. The molecule has 0 radical (unpaired) electrons. The Kier molecular flexibility index (Phi) is 8.74. The number of hydrogen-bond acceptors (Lipinski definition) is 5. The summed E-state index contributed by atoms with van der Waals surface area (Å²) in [6, 6.07) is 0.446. The van der Waals surface area contributed by atoms with Crippen molar-refractivity contribution in [2.45, 2.75) is 26.8 Å². The molecule has 0 aliphatic rings. The molecule has 74 valence electrons. The second-order valence-corrected chi connectivity index (χ2v) is 2.69. The quantitative estimate of drug-likeness (QED) is 0.229.